The number of aromatic nitrogens is 7. The van der Waals surface area contributed by atoms with Gasteiger partial charge in [-0.2, -0.15) is 20.1 Å². The molecule has 4 N–H and O–H groups in total. The molecule has 1 aliphatic heterocycles. The average molecular weight is 452 g/mol. The van der Waals surface area contributed by atoms with Crippen molar-refractivity contribution in [2.75, 3.05) is 23.3 Å². The lowest BCUT2D eigenvalue weighted by Crippen LogP contribution is -2.31. The van der Waals surface area contributed by atoms with Crippen molar-refractivity contribution in [2.45, 2.75) is 19.3 Å². The molecule has 11 nitrogen and oxygen atoms in total. The summed E-state index contributed by atoms with van der Waals surface area (Å²) >= 11 is 0. The second kappa shape index (κ2) is 8.00. The van der Waals surface area contributed by atoms with Gasteiger partial charge in [-0.3, -0.25) is 20.1 Å². The van der Waals surface area contributed by atoms with E-state index in [2.05, 4.69) is 45.4 Å². The molecule has 11 heteroatoms. The number of rotatable bonds is 4. The van der Waals surface area contributed by atoms with E-state index in [1.54, 1.807) is 12.1 Å². The summed E-state index contributed by atoms with van der Waals surface area (Å²) in [7, 11) is 0. The van der Waals surface area contributed by atoms with Crippen molar-refractivity contribution in [3.8, 4) is 11.4 Å². The summed E-state index contributed by atoms with van der Waals surface area (Å²) in [6, 6.07) is 11.1. The zero-order valence-electron chi connectivity index (χ0n) is 18.1. The van der Waals surface area contributed by atoms with E-state index in [1.807, 2.05) is 24.3 Å². The van der Waals surface area contributed by atoms with Crippen LogP contribution in [-0.4, -0.2) is 48.4 Å². The highest BCUT2D eigenvalue weighted by atomic mass is 16.1. The summed E-state index contributed by atoms with van der Waals surface area (Å²) in [5.74, 6) is 1.78. The topological polar surface area (TPSA) is 136 Å². The Hall–Kier alpha value is -4.72. The predicted molar refractivity (Wildman–Crippen MR) is 129 cm³/mol. The number of hydrogen-bond donors (Lipinski definition) is 4. The lowest BCUT2D eigenvalue weighted by atomic mass is 10.1. The smallest absolute Gasteiger partial charge is 0.271 e. The molecule has 2 aromatic carbocycles. The van der Waals surface area contributed by atoms with Crippen LogP contribution >= 0.6 is 0 Å². The zero-order chi connectivity index (χ0) is 23.1. The van der Waals surface area contributed by atoms with Crippen molar-refractivity contribution in [2.24, 2.45) is 0 Å². The van der Waals surface area contributed by atoms with Gasteiger partial charge in [-0.15, -0.1) is 0 Å². The van der Waals surface area contributed by atoms with Gasteiger partial charge in [0.25, 0.3) is 5.56 Å². The van der Waals surface area contributed by atoms with Crippen molar-refractivity contribution in [3.05, 3.63) is 58.2 Å². The predicted octanol–water partition coefficient (Wildman–Crippen LogP) is 3.87. The quantitative estimate of drug-likeness (QED) is 0.304. The number of H-pyrrole nitrogens is 3. The third kappa shape index (κ3) is 3.41. The molecule has 1 saturated heterocycles. The van der Waals surface area contributed by atoms with E-state index in [1.165, 1.54) is 6.42 Å². The van der Waals surface area contributed by atoms with Gasteiger partial charge in [-0.25, -0.2) is 4.85 Å². The molecule has 1 fully saturated rings. The van der Waals surface area contributed by atoms with Gasteiger partial charge in [-0.05, 0) is 43.5 Å². The minimum atomic E-state index is -0.264. The summed E-state index contributed by atoms with van der Waals surface area (Å²) in [6.45, 7) is 9.37. The molecule has 4 heterocycles. The van der Waals surface area contributed by atoms with Gasteiger partial charge in [-0.1, -0.05) is 12.1 Å². The van der Waals surface area contributed by atoms with Crippen molar-refractivity contribution in [3.63, 3.8) is 0 Å². The average Bonchev–Trinajstić information content (AvgIpc) is 3.46. The van der Waals surface area contributed by atoms with E-state index < -0.39 is 0 Å². The molecular formula is C23H20N10O. The summed E-state index contributed by atoms with van der Waals surface area (Å²) in [5, 5.41) is 17.3. The molecule has 0 aliphatic carbocycles. The van der Waals surface area contributed by atoms with Crippen LogP contribution in [0.15, 0.2) is 41.2 Å². The number of fused-ring (bicyclic) bond motifs is 2. The number of nitrogens with one attached hydrogen (secondary N) is 4. The molecule has 0 spiro atoms. The van der Waals surface area contributed by atoms with Gasteiger partial charge in [0.1, 0.15) is 0 Å². The van der Waals surface area contributed by atoms with Crippen LogP contribution in [-0.2, 0) is 0 Å². The van der Waals surface area contributed by atoms with E-state index in [4.69, 9.17) is 11.6 Å². The Morgan fingerprint density at radius 3 is 2.68 bits per heavy atom. The van der Waals surface area contributed by atoms with Crippen LogP contribution in [0, 0.1) is 6.57 Å². The van der Waals surface area contributed by atoms with Crippen LogP contribution in [0.25, 0.3) is 38.0 Å². The molecule has 0 saturated carbocycles. The molecule has 3 aromatic heterocycles. The number of para-hydroxylation sites is 1. The van der Waals surface area contributed by atoms with Crippen LogP contribution in [0.5, 0.6) is 0 Å². The van der Waals surface area contributed by atoms with Gasteiger partial charge in [0.05, 0.1) is 23.0 Å². The standard InChI is InChI=1S/C23H20N10O/c1-24-17-12-18-15(21(34)32-30-18)11-14(17)19-25-22(28-23(27-19)33-9-5-2-6-10-33)26-20-13-7-3-4-8-16(13)29-31-20/h3-4,7-8,11-12H,2,5-6,9-10H2,(H2,30,32,34)(H2,25,26,27,28,29,31). The fourth-order valence-corrected chi connectivity index (χ4v) is 4.28. The SMILES string of the molecule is [C-]#[N+]c1cc2[nH][nH]c(=O)c2cc1-c1nc(Nc2n[nH]c3ccccc23)nc(N2CCCCC2)n1. The summed E-state index contributed by atoms with van der Waals surface area (Å²) in [6.07, 6.45) is 3.30. The highest BCUT2D eigenvalue weighted by Crippen LogP contribution is 2.33. The number of aromatic amines is 3. The Kier molecular flexibility index (Phi) is 4.69. The molecular weight excluding hydrogens is 432 g/mol. The molecule has 5 aromatic rings. The first-order chi connectivity index (χ1) is 16.7. The normalized spacial score (nSPS) is 13.9. The molecule has 0 radical (unpaired) electrons. The van der Waals surface area contributed by atoms with E-state index in [0.29, 0.717) is 45.7 Å². The number of anilines is 3. The molecule has 34 heavy (non-hydrogen) atoms. The molecule has 1 aliphatic rings. The lowest BCUT2D eigenvalue weighted by Gasteiger charge is -2.27. The minimum absolute atomic E-state index is 0.264. The van der Waals surface area contributed by atoms with Gasteiger partial charge >= 0.3 is 0 Å². The molecule has 6 rings (SSSR count). The molecule has 0 bridgehead atoms. The second-order valence-corrected chi connectivity index (χ2v) is 8.18. The highest BCUT2D eigenvalue weighted by molar-refractivity contribution is 5.92. The minimum Gasteiger partial charge on any atom is -0.341 e. The van der Waals surface area contributed by atoms with Crippen LogP contribution in [0.2, 0.25) is 0 Å². The zero-order valence-corrected chi connectivity index (χ0v) is 18.1. The Balaban J connectivity index is 1.50. The van der Waals surface area contributed by atoms with Crippen molar-refractivity contribution in [1.29, 1.82) is 0 Å². The first-order valence-electron chi connectivity index (χ1n) is 11.0. The highest BCUT2D eigenvalue weighted by Gasteiger charge is 2.20. The summed E-state index contributed by atoms with van der Waals surface area (Å²) in [4.78, 5) is 32.0. The first-order valence-corrected chi connectivity index (χ1v) is 11.0. The second-order valence-electron chi connectivity index (χ2n) is 8.18. The molecule has 0 unspecified atom stereocenters. The lowest BCUT2D eigenvalue weighted by molar-refractivity contribution is 0.568. The maximum Gasteiger partial charge on any atom is 0.271 e. The van der Waals surface area contributed by atoms with Crippen LogP contribution in [0.4, 0.5) is 23.4 Å². The van der Waals surface area contributed by atoms with Gasteiger partial charge in [0, 0.05) is 24.0 Å². The first kappa shape index (κ1) is 19.9. The molecule has 0 atom stereocenters. The Morgan fingerprint density at radius 1 is 0.971 bits per heavy atom. The Morgan fingerprint density at radius 2 is 1.82 bits per heavy atom. The van der Waals surface area contributed by atoms with Crippen LogP contribution in [0.3, 0.4) is 0 Å². The maximum atomic E-state index is 12.2. The van der Waals surface area contributed by atoms with E-state index in [0.717, 1.165) is 36.8 Å². The molecule has 0 amide bonds. The largest absolute Gasteiger partial charge is 0.341 e. The van der Waals surface area contributed by atoms with Crippen molar-refractivity contribution >= 4 is 45.2 Å². The van der Waals surface area contributed by atoms with Crippen LogP contribution < -0.4 is 15.8 Å². The Labute approximate surface area is 193 Å². The van der Waals surface area contributed by atoms with Gasteiger partial charge < -0.3 is 10.2 Å². The third-order valence-electron chi connectivity index (χ3n) is 6.02. The van der Waals surface area contributed by atoms with E-state index >= 15 is 0 Å². The fraction of sp³-hybridized carbons (Fsp3) is 0.217. The fourth-order valence-electron chi connectivity index (χ4n) is 4.28. The third-order valence-corrected chi connectivity index (χ3v) is 6.02. The number of benzene rings is 2. The number of nitrogens with zero attached hydrogens (tertiary/aromatic N) is 6. The summed E-state index contributed by atoms with van der Waals surface area (Å²) < 4.78 is 0. The van der Waals surface area contributed by atoms with Gasteiger partial charge in [0.2, 0.25) is 11.9 Å². The van der Waals surface area contributed by atoms with Gasteiger partial charge in [0.15, 0.2) is 17.3 Å². The monoisotopic (exact) mass is 452 g/mol. The number of hydrogen-bond acceptors (Lipinski definition) is 7. The van der Waals surface area contributed by atoms with E-state index in [-0.39, 0.29) is 5.56 Å². The molecule has 168 valence electrons. The van der Waals surface area contributed by atoms with Crippen LogP contribution in [0.1, 0.15) is 19.3 Å². The Bertz CT molecular complexity index is 1620. The number of piperidine rings is 1. The maximum absolute atomic E-state index is 12.2. The van der Waals surface area contributed by atoms with Crippen molar-refractivity contribution < 1.29 is 0 Å². The summed E-state index contributed by atoms with van der Waals surface area (Å²) in [5.41, 5.74) is 2.01. The van der Waals surface area contributed by atoms with E-state index in [9.17, 15) is 4.79 Å². The van der Waals surface area contributed by atoms with Crippen molar-refractivity contribution in [1.82, 2.24) is 35.3 Å².